The molecule has 1 aliphatic heterocycles. The number of fused-ring (bicyclic) bond motifs is 1. The molecule has 3 nitrogen and oxygen atoms in total. The molecule has 2 aromatic rings. The Balaban J connectivity index is 1.87. The van der Waals surface area contributed by atoms with Crippen molar-refractivity contribution in [2.75, 3.05) is 5.32 Å². The summed E-state index contributed by atoms with van der Waals surface area (Å²) in [5.41, 5.74) is 2.55. The molecule has 1 aromatic carbocycles. The van der Waals surface area contributed by atoms with E-state index in [1.54, 1.807) is 17.4 Å². The van der Waals surface area contributed by atoms with E-state index in [0.29, 0.717) is 11.3 Å². The molecule has 1 aromatic heterocycles. The van der Waals surface area contributed by atoms with E-state index in [1.165, 1.54) is 27.5 Å². The van der Waals surface area contributed by atoms with E-state index in [-0.39, 0.29) is 17.8 Å². The molecule has 1 aliphatic rings. The van der Waals surface area contributed by atoms with Crippen molar-refractivity contribution in [3.8, 4) is 0 Å². The van der Waals surface area contributed by atoms with Crippen molar-refractivity contribution in [1.82, 2.24) is 5.32 Å². The molecule has 21 heavy (non-hydrogen) atoms. The standard InChI is InChI=1S/C16H17FN2OS/c1-8-6-12(10(3)21-8)9(2)18-15-13-7-11(17)4-5-14(13)19-16(15)20/h4-7,9,15,18H,1-3H3,(H,19,20). The highest BCUT2D eigenvalue weighted by atomic mass is 32.1. The zero-order valence-corrected chi connectivity index (χ0v) is 13.0. The maximum Gasteiger partial charge on any atom is 0.246 e. The first-order valence-corrected chi connectivity index (χ1v) is 7.70. The number of rotatable bonds is 3. The first-order chi connectivity index (χ1) is 9.95. The number of thiophene rings is 1. The van der Waals surface area contributed by atoms with Crippen molar-refractivity contribution in [3.05, 3.63) is 51.0 Å². The number of anilines is 1. The van der Waals surface area contributed by atoms with Crippen LogP contribution in [0.5, 0.6) is 0 Å². The zero-order valence-electron chi connectivity index (χ0n) is 12.2. The van der Waals surface area contributed by atoms with Crippen molar-refractivity contribution in [3.63, 3.8) is 0 Å². The van der Waals surface area contributed by atoms with Gasteiger partial charge in [0.25, 0.3) is 0 Å². The third kappa shape index (κ3) is 2.59. The Bertz CT molecular complexity index is 710. The van der Waals surface area contributed by atoms with E-state index in [1.807, 2.05) is 6.92 Å². The van der Waals surface area contributed by atoms with E-state index in [2.05, 4.69) is 30.5 Å². The summed E-state index contributed by atoms with van der Waals surface area (Å²) in [6, 6.07) is 6.04. The predicted molar refractivity (Wildman–Crippen MR) is 83.1 cm³/mol. The molecule has 2 heterocycles. The van der Waals surface area contributed by atoms with Gasteiger partial charge in [-0.15, -0.1) is 11.3 Å². The van der Waals surface area contributed by atoms with Crippen LogP contribution in [-0.2, 0) is 4.79 Å². The van der Waals surface area contributed by atoms with Gasteiger partial charge in [0, 0.05) is 27.0 Å². The average molecular weight is 304 g/mol. The smallest absolute Gasteiger partial charge is 0.246 e. The Kier molecular flexibility index (Phi) is 3.55. The number of carbonyl (C=O) groups is 1. The van der Waals surface area contributed by atoms with Crippen molar-refractivity contribution < 1.29 is 9.18 Å². The van der Waals surface area contributed by atoms with Crippen molar-refractivity contribution in [2.45, 2.75) is 32.9 Å². The van der Waals surface area contributed by atoms with Crippen molar-refractivity contribution in [1.29, 1.82) is 0 Å². The van der Waals surface area contributed by atoms with Crippen LogP contribution < -0.4 is 10.6 Å². The summed E-state index contributed by atoms with van der Waals surface area (Å²) in [5, 5.41) is 6.10. The summed E-state index contributed by atoms with van der Waals surface area (Å²) in [4.78, 5) is 14.6. The predicted octanol–water partition coefficient (Wildman–Crippen LogP) is 3.85. The van der Waals surface area contributed by atoms with Crippen LogP contribution in [-0.4, -0.2) is 5.91 Å². The summed E-state index contributed by atoms with van der Waals surface area (Å²) in [6.07, 6.45) is 0. The molecule has 2 unspecified atom stereocenters. The highest BCUT2D eigenvalue weighted by molar-refractivity contribution is 7.12. The van der Waals surface area contributed by atoms with Gasteiger partial charge in [0.1, 0.15) is 11.9 Å². The average Bonchev–Trinajstić information content (AvgIpc) is 2.90. The van der Waals surface area contributed by atoms with Crippen LogP contribution in [0.4, 0.5) is 10.1 Å². The van der Waals surface area contributed by atoms with Gasteiger partial charge in [-0.25, -0.2) is 4.39 Å². The number of amides is 1. The number of hydrogen-bond donors (Lipinski definition) is 2. The summed E-state index contributed by atoms with van der Waals surface area (Å²) in [5.74, 6) is -0.459. The Morgan fingerprint density at radius 3 is 2.76 bits per heavy atom. The molecule has 0 fully saturated rings. The molecular formula is C16H17FN2OS. The normalized spacial score (nSPS) is 18.5. The molecule has 1 amide bonds. The van der Waals surface area contributed by atoms with Gasteiger partial charge in [0.2, 0.25) is 5.91 Å². The van der Waals surface area contributed by atoms with Gasteiger partial charge >= 0.3 is 0 Å². The zero-order chi connectivity index (χ0) is 15.1. The molecule has 0 bridgehead atoms. The number of nitrogens with one attached hydrogen (secondary N) is 2. The second-order valence-electron chi connectivity index (χ2n) is 5.41. The van der Waals surface area contributed by atoms with Crippen LogP contribution in [0.1, 0.15) is 39.9 Å². The lowest BCUT2D eigenvalue weighted by molar-refractivity contribution is -0.117. The molecule has 0 saturated heterocycles. The van der Waals surface area contributed by atoms with Gasteiger partial charge in [-0.2, -0.15) is 0 Å². The first-order valence-electron chi connectivity index (χ1n) is 6.89. The largest absolute Gasteiger partial charge is 0.324 e. The van der Waals surface area contributed by atoms with E-state index < -0.39 is 6.04 Å². The molecule has 0 aliphatic carbocycles. The molecule has 0 saturated carbocycles. The van der Waals surface area contributed by atoms with Gasteiger partial charge in [-0.1, -0.05) is 0 Å². The van der Waals surface area contributed by atoms with Crippen LogP contribution in [0.3, 0.4) is 0 Å². The highest BCUT2D eigenvalue weighted by Crippen LogP contribution is 2.34. The van der Waals surface area contributed by atoms with E-state index in [9.17, 15) is 9.18 Å². The maximum atomic E-state index is 13.4. The Morgan fingerprint density at radius 1 is 1.33 bits per heavy atom. The van der Waals surface area contributed by atoms with Gasteiger partial charge in [-0.3, -0.25) is 10.1 Å². The van der Waals surface area contributed by atoms with Crippen LogP contribution in [0, 0.1) is 19.7 Å². The van der Waals surface area contributed by atoms with Crippen LogP contribution >= 0.6 is 11.3 Å². The number of halogens is 1. The molecular weight excluding hydrogens is 287 g/mol. The number of hydrogen-bond acceptors (Lipinski definition) is 3. The highest BCUT2D eigenvalue weighted by Gasteiger charge is 2.32. The molecule has 5 heteroatoms. The van der Waals surface area contributed by atoms with Crippen LogP contribution in [0.2, 0.25) is 0 Å². The SMILES string of the molecule is Cc1cc(C(C)NC2C(=O)Nc3ccc(F)cc32)c(C)s1. The number of aryl methyl sites for hydroxylation is 2. The molecule has 2 N–H and O–H groups in total. The lowest BCUT2D eigenvalue weighted by Crippen LogP contribution is -2.30. The number of benzene rings is 1. The lowest BCUT2D eigenvalue weighted by Gasteiger charge is -2.18. The summed E-state index contributed by atoms with van der Waals surface area (Å²) in [7, 11) is 0. The van der Waals surface area contributed by atoms with Crippen LogP contribution in [0.15, 0.2) is 24.3 Å². The topological polar surface area (TPSA) is 41.1 Å². The minimum atomic E-state index is -0.509. The second-order valence-corrected chi connectivity index (χ2v) is 6.87. The van der Waals surface area contributed by atoms with E-state index >= 15 is 0 Å². The lowest BCUT2D eigenvalue weighted by atomic mass is 10.0. The van der Waals surface area contributed by atoms with E-state index in [4.69, 9.17) is 0 Å². The molecule has 0 spiro atoms. The fourth-order valence-electron chi connectivity index (χ4n) is 2.82. The second kappa shape index (κ2) is 5.24. The van der Waals surface area contributed by atoms with Crippen LogP contribution in [0.25, 0.3) is 0 Å². The quantitative estimate of drug-likeness (QED) is 0.904. The monoisotopic (exact) mass is 304 g/mol. The fraction of sp³-hybridized carbons (Fsp3) is 0.312. The molecule has 3 rings (SSSR count). The summed E-state index contributed by atoms with van der Waals surface area (Å²) < 4.78 is 13.4. The third-order valence-corrected chi connectivity index (χ3v) is 4.79. The Morgan fingerprint density at radius 2 is 2.10 bits per heavy atom. The summed E-state index contributed by atoms with van der Waals surface area (Å²) in [6.45, 7) is 6.17. The number of carbonyl (C=O) groups excluding carboxylic acids is 1. The van der Waals surface area contributed by atoms with Gasteiger partial charge in [0.05, 0.1) is 0 Å². The van der Waals surface area contributed by atoms with Gasteiger partial charge < -0.3 is 5.32 Å². The summed E-state index contributed by atoms with van der Waals surface area (Å²) >= 11 is 1.74. The van der Waals surface area contributed by atoms with E-state index in [0.717, 1.165) is 0 Å². The Hall–Kier alpha value is -1.72. The minimum Gasteiger partial charge on any atom is -0.324 e. The maximum absolute atomic E-state index is 13.4. The first kappa shape index (κ1) is 14.2. The fourth-order valence-corrected chi connectivity index (χ4v) is 3.84. The molecule has 110 valence electrons. The van der Waals surface area contributed by atoms with Gasteiger partial charge in [0.15, 0.2) is 0 Å². The molecule has 0 radical (unpaired) electrons. The Labute approximate surface area is 127 Å². The van der Waals surface area contributed by atoms with Crippen molar-refractivity contribution >= 4 is 22.9 Å². The van der Waals surface area contributed by atoms with Gasteiger partial charge in [-0.05, 0) is 50.6 Å². The molecule has 2 atom stereocenters. The third-order valence-electron chi connectivity index (χ3n) is 3.81. The minimum absolute atomic E-state index is 0.0277. The van der Waals surface area contributed by atoms with Crippen molar-refractivity contribution in [2.24, 2.45) is 0 Å².